The monoisotopic (exact) mass is 268 g/mol. The number of hydrogen-bond donors (Lipinski definition) is 1. The zero-order valence-corrected chi connectivity index (χ0v) is 12.8. The summed E-state index contributed by atoms with van der Waals surface area (Å²) in [7, 11) is 0. The van der Waals surface area contributed by atoms with Crippen LogP contribution in [-0.4, -0.2) is 23.1 Å². The second-order valence-corrected chi connectivity index (χ2v) is 6.72. The Morgan fingerprint density at radius 2 is 2.00 bits per heavy atom. The Morgan fingerprint density at radius 1 is 1.28 bits per heavy atom. The highest BCUT2D eigenvalue weighted by molar-refractivity contribution is 7.99. The first-order valence-corrected chi connectivity index (χ1v) is 8.59. The molecule has 1 aliphatic rings. The number of nitriles is 1. The van der Waals surface area contributed by atoms with Gasteiger partial charge in [0.05, 0.1) is 6.07 Å². The fraction of sp³-hybridized carbons (Fsp3) is 0.933. The van der Waals surface area contributed by atoms with Gasteiger partial charge in [-0.05, 0) is 44.4 Å². The van der Waals surface area contributed by atoms with Crippen LogP contribution in [0.4, 0.5) is 0 Å². The minimum atomic E-state index is -0.276. The van der Waals surface area contributed by atoms with Crippen LogP contribution in [0.25, 0.3) is 0 Å². The van der Waals surface area contributed by atoms with E-state index in [4.69, 9.17) is 0 Å². The van der Waals surface area contributed by atoms with E-state index in [2.05, 4.69) is 37.0 Å². The number of nitrogens with one attached hydrogen (secondary N) is 1. The van der Waals surface area contributed by atoms with Gasteiger partial charge in [-0.3, -0.25) is 5.32 Å². The number of hydrogen-bond acceptors (Lipinski definition) is 3. The molecule has 0 aromatic rings. The van der Waals surface area contributed by atoms with Crippen molar-refractivity contribution in [2.45, 2.75) is 76.0 Å². The van der Waals surface area contributed by atoms with Crippen LogP contribution in [0.2, 0.25) is 0 Å². The molecule has 3 heteroatoms. The van der Waals surface area contributed by atoms with Gasteiger partial charge in [0.2, 0.25) is 0 Å². The van der Waals surface area contributed by atoms with Gasteiger partial charge in [0.15, 0.2) is 0 Å². The Bertz CT molecular complexity index is 256. The van der Waals surface area contributed by atoms with Crippen LogP contribution in [0.1, 0.15) is 65.2 Å². The molecule has 1 fully saturated rings. The molecule has 0 radical (unpaired) electrons. The van der Waals surface area contributed by atoms with Crippen LogP contribution in [-0.2, 0) is 0 Å². The van der Waals surface area contributed by atoms with Gasteiger partial charge in [-0.1, -0.05) is 33.1 Å². The lowest BCUT2D eigenvalue weighted by molar-refractivity contribution is 0.379. The van der Waals surface area contributed by atoms with Crippen LogP contribution < -0.4 is 5.32 Å². The van der Waals surface area contributed by atoms with Crippen molar-refractivity contribution < 1.29 is 0 Å². The maximum atomic E-state index is 9.34. The molecule has 0 aromatic carbocycles. The predicted molar refractivity (Wildman–Crippen MR) is 80.9 cm³/mol. The van der Waals surface area contributed by atoms with Gasteiger partial charge >= 0.3 is 0 Å². The van der Waals surface area contributed by atoms with Crippen molar-refractivity contribution in [2.75, 3.05) is 12.3 Å². The van der Waals surface area contributed by atoms with E-state index < -0.39 is 0 Å². The fourth-order valence-corrected chi connectivity index (χ4v) is 4.07. The van der Waals surface area contributed by atoms with Crippen LogP contribution in [0.3, 0.4) is 0 Å². The van der Waals surface area contributed by atoms with E-state index in [1.54, 1.807) is 0 Å². The lowest BCUT2D eigenvalue weighted by Crippen LogP contribution is -2.43. The third-order valence-electron chi connectivity index (χ3n) is 3.99. The van der Waals surface area contributed by atoms with E-state index in [-0.39, 0.29) is 5.54 Å². The second kappa shape index (κ2) is 8.82. The van der Waals surface area contributed by atoms with Gasteiger partial charge in [-0.15, -0.1) is 0 Å². The van der Waals surface area contributed by atoms with Gasteiger partial charge in [0, 0.05) is 5.25 Å². The van der Waals surface area contributed by atoms with Gasteiger partial charge < -0.3 is 0 Å². The average Bonchev–Trinajstić information content (AvgIpc) is 2.43. The summed E-state index contributed by atoms with van der Waals surface area (Å²) in [5.41, 5.74) is -0.276. The molecular formula is C15H28N2S. The molecule has 0 amide bonds. The lowest BCUT2D eigenvalue weighted by atomic mass is 9.92. The highest BCUT2D eigenvalue weighted by atomic mass is 32.2. The molecule has 1 atom stereocenters. The maximum Gasteiger partial charge on any atom is 0.106 e. The Morgan fingerprint density at radius 3 is 2.56 bits per heavy atom. The van der Waals surface area contributed by atoms with E-state index in [1.165, 1.54) is 37.9 Å². The Kier molecular flexibility index (Phi) is 7.77. The van der Waals surface area contributed by atoms with Gasteiger partial charge in [0.25, 0.3) is 0 Å². The first-order chi connectivity index (χ1) is 8.76. The molecule has 104 valence electrons. The van der Waals surface area contributed by atoms with Gasteiger partial charge in [-0.25, -0.2) is 0 Å². The average molecular weight is 268 g/mol. The molecule has 0 saturated heterocycles. The van der Waals surface area contributed by atoms with Crippen molar-refractivity contribution in [3.8, 4) is 6.07 Å². The molecule has 2 nitrogen and oxygen atoms in total. The summed E-state index contributed by atoms with van der Waals surface area (Å²) in [5, 5.41) is 13.6. The number of thioether (sulfide) groups is 1. The second-order valence-electron chi connectivity index (χ2n) is 5.31. The van der Waals surface area contributed by atoms with E-state index >= 15 is 0 Å². The van der Waals surface area contributed by atoms with Crippen molar-refractivity contribution in [1.82, 2.24) is 5.32 Å². The van der Waals surface area contributed by atoms with Crippen molar-refractivity contribution in [3.63, 3.8) is 0 Å². The zero-order chi connectivity index (χ0) is 13.3. The van der Waals surface area contributed by atoms with Crippen molar-refractivity contribution in [3.05, 3.63) is 0 Å². The SMILES string of the molecule is CCNC(C#N)(CC)CCCSC1CCCCC1. The van der Waals surface area contributed by atoms with Crippen LogP contribution >= 0.6 is 11.8 Å². The topological polar surface area (TPSA) is 35.8 Å². The minimum absolute atomic E-state index is 0.276. The summed E-state index contributed by atoms with van der Waals surface area (Å²) < 4.78 is 0. The van der Waals surface area contributed by atoms with E-state index in [0.29, 0.717) is 0 Å². The molecule has 1 saturated carbocycles. The standard InChI is InChI=1S/C15H28N2S/c1-3-15(13-16,17-4-2)11-8-12-18-14-9-6-5-7-10-14/h14,17H,3-12H2,1-2H3. The van der Waals surface area contributed by atoms with E-state index in [0.717, 1.165) is 31.1 Å². The highest BCUT2D eigenvalue weighted by Crippen LogP contribution is 2.29. The van der Waals surface area contributed by atoms with Gasteiger partial charge in [-0.2, -0.15) is 17.0 Å². The summed E-state index contributed by atoms with van der Waals surface area (Å²) in [5.74, 6) is 1.22. The molecule has 0 spiro atoms. The van der Waals surface area contributed by atoms with Crippen molar-refractivity contribution in [1.29, 1.82) is 5.26 Å². The largest absolute Gasteiger partial charge is 0.300 e. The minimum Gasteiger partial charge on any atom is -0.300 e. The Hall–Kier alpha value is -0.200. The van der Waals surface area contributed by atoms with Crippen LogP contribution in [0, 0.1) is 11.3 Å². The highest BCUT2D eigenvalue weighted by Gasteiger charge is 2.26. The Balaban J connectivity index is 2.20. The number of nitrogens with zero attached hydrogens (tertiary/aromatic N) is 1. The molecule has 0 bridgehead atoms. The molecule has 0 aromatic heterocycles. The third-order valence-corrected chi connectivity index (χ3v) is 5.45. The summed E-state index contributed by atoms with van der Waals surface area (Å²) in [4.78, 5) is 0. The molecule has 1 unspecified atom stereocenters. The van der Waals surface area contributed by atoms with Gasteiger partial charge in [0.1, 0.15) is 5.54 Å². The van der Waals surface area contributed by atoms with E-state index in [9.17, 15) is 5.26 Å². The summed E-state index contributed by atoms with van der Waals surface area (Å²) >= 11 is 2.14. The van der Waals surface area contributed by atoms with E-state index in [1.807, 2.05) is 0 Å². The first kappa shape index (κ1) is 15.9. The third kappa shape index (κ3) is 5.20. The molecule has 1 rings (SSSR count). The van der Waals surface area contributed by atoms with Crippen LogP contribution in [0.15, 0.2) is 0 Å². The normalized spacial score (nSPS) is 20.3. The summed E-state index contributed by atoms with van der Waals surface area (Å²) in [6, 6.07) is 2.48. The van der Waals surface area contributed by atoms with Crippen molar-refractivity contribution >= 4 is 11.8 Å². The summed E-state index contributed by atoms with van der Waals surface area (Å²) in [6.45, 7) is 5.08. The van der Waals surface area contributed by atoms with Crippen LogP contribution in [0.5, 0.6) is 0 Å². The Labute approximate surface area is 117 Å². The molecule has 0 aliphatic heterocycles. The lowest BCUT2D eigenvalue weighted by Gasteiger charge is -2.26. The molecule has 1 N–H and O–H groups in total. The molecular weight excluding hydrogens is 240 g/mol. The van der Waals surface area contributed by atoms with Crippen molar-refractivity contribution in [2.24, 2.45) is 0 Å². The number of rotatable bonds is 8. The molecule has 1 aliphatic carbocycles. The summed E-state index contributed by atoms with van der Waals surface area (Å²) in [6.07, 6.45) is 10.2. The molecule has 18 heavy (non-hydrogen) atoms. The first-order valence-electron chi connectivity index (χ1n) is 7.54. The smallest absolute Gasteiger partial charge is 0.106 e. The molecule has 0 heterocycles. The maximum absolute atomic E-state index is 9.34. The zero-order valence-electron chi connectivity index (χ0n) is 12.0. The predicted octanol–water partition coefficient (Wildman–Crippen LogP) is 4.11. The fourth-order valence-electron chi connectivity index (χ4n) is 2.76. The quantitative estimate of drug-likeness (QED) is 0.673.